The van der Waals surface area contributed by atoms with Crippen LogP contribution in [0, 0.1) is 0 Å². The van der Waals surface area contributed by atoms with Gasteiger partial charge in [0.1, 0.15) is 6.04 Å². The summed E-state index contributed by atoms with van der Waals surface area (Å²) in [5, 5.41) is 9.79. The van der Waals surface area contributed by atoms with Gasteiger partial charge < -0.3 is 4.42 Å². The Kier molecular flexibility index (Phi) is 4.94. The van der Waals surface area contributed by atoms with Gasteiger partial charge in [-0.1, -0.05) is 71.7 Å². The monoisotopic (exact) mass is 433 g/mol. The summed E-state index contributed by atoms with van der Waals surface area (Å²) >= 11 is 7.51. The highest BCUT2D eigenvalue weighted by atomic mass is 35.5. The number of benzene rings is 3. The summed E-state index contributed by atoms with van der Waals surface area (Å²) in [4.78, 5) is 13.1. The Labute approximate surface area is 181 Å². The first-order valence-electron chi connectivity index (χ1n) is 9.43. The average molecular weight is 434 g/mol. The maximum absolute atomic E-state index is 13.1. The van der Waals surface area contributed by atoms with Gasteiger partial charge in [0.25, 0.3) is 5.56 Å². The van der Waals surface area contributed by atoms with E-state index in [9.17, 15) is 4.79 Å². The quantitative estimate of drug-likeness (QED) is 0.362. The van der Waals surface area contributed by atoms with Crippen LogP contribution in [0.5, 0.6) is 0 Å². The molecule has 0 saturated heterocycles. The molecular formula is C23H16ClN3O2S. The third-order valence-corrected chi connectivity index (χ3v) is 6.27. The van der Waals surface area contributed by atoms with Gasteiger partial charge in [0.15, 0.2) is 0 Å². The lowest BCUT2D eigenvalue weighted by molar-refractivity contribution is 0.427. The van der Waals surface area contributed by atoms with E-state index in [1.807, 2.05) is 66.7 Å². The molecule has 2 heterocycles. The molecule has 0 aliphatic heterocycles. The van der Waals surface area contributed by atoms with E-state index in [1.54, 1.807) is 16.1 Å². The van der Waals surface area contributed by atoms with E-state index in [2.05, 4.69) is 10.2 Å². The second-order valence-electron chi connectivity index (χ2n) is 6.88. The largest absolute Gasteiger partial charge is 0.418 e. The first-order chi connectivity index (χ1) is 14.7. The highest BCUT2D eigenvalue weighted by Crippen LogP contribution is 2.29. The lowest BCUT2D eigenvalue weighted by Crippen LogP contribution is -2.22. The molecule has 148 valence electrons. The lowest BCUT2D eigenvalue weighted by Gasteiger charge is -2.13. The summed E-state index contributed by atoms with van der Waals surface area (Å²) in [6.45, 7) is 0. The van der Waals surface area contributed by atoms with Crippen molar-refractivity contribution in [1.29, 1.82) is 0 Å². The molecule has 0 fully saturated rings. The second-order valence-corrected chi connectivity index (χ2v) is 8.33. The third kappa shape index (κ3) is 3.56. The van der Waals surface area contributed by atoms with Crippen LogP contribution >= 0.6 is 23.1 Å². The van der Waals surface area contributed by atoms with E-state index in [-0.39, 0.29) is 5.56 Å². The minimum atomic E-state index is -0.405. The van der Waals surface area contributed by atoms with E-state index >= 15 is 0 Å². The van der Waals surface area contributed by atoms with Crippen LogP contribution in [0.25, 0.3) is 21.5 Å². The Balaban J connectivity index is 1.61. The molecular weight excluding hydrogens is 418 g/mol. The molecule has 30 heavy (non-hydrogen) atoms. The van der Waals surface area contributed by atoms with Gasteiger partial charge in [-0.3, -0.25) is 8.75 Å². The number of aromatic nitrogens is 3. The SMILES string of the molecule is O=c1c2ccccc2sn1C(Cc1ccccc1)c1nnc(-c2cccc(Cl)c2)o1. The van der Waals surface area contributed by atoms with Crippen LogP contribution in [0.2, 0.25) is 5.02 Å². The van der Waals surface area contributed by atoms with Crippen LogP contribution in [-0.4, -0.2) is 14.2 Å². The van der Waals surface area contributed by atoms with Gasteiger partial charge in [-0.2, -0.15) is 0 Å². The molecule has 1 atom stereocenters. The summed E-state index contributed by atoms with van der Waals surface area (Å²) in [5.74, 6) is 0.766. The summed E-state index contributed by atoms with van der Waals surface area (Å²) in [7, 11) is 0. The van der Waals surface area contributed by atoms with Crippen LogP contribution in [0.3, 0.4) is 0 Å². The summed E-state index contributed by atoms with van der Waals surface area (Å²) in [6.07, 6.45) is 0.560. The third-order valence-electron chi connectivity index (χ3n) is 4.87. The van der Waals surface area contributed by atoms with Crippen LogP contribution in [0.4, 0.5) is 0 Å². The van der Waals surface area contributed by atoms with Crippen molar-refractivity contribution >= 4 is 33.2 Å². The first-order valence-corrected chi connectivity index (χ1v) is 10.6. The number of hydrogen-bond acceptors (Lipinski definition) is 5. The topological polar surface area (TPSA) is 60.9 Å². The normalized spacial score (nSPS) is 12.3. The fourth-order valence-electron chi connectivity index (χ4n) is 3.41. The molecule has 1 unspecified atom stereocenters. The van der Waals surface area contributed by atoms with Crippen molar-refractivity contribution in [1.82, 2.24) is 14.2 Å². The molecule has 5 aromatic rings. The summed E-state index contributed by atoms with van der Waals surface area (Å²) < 4.78 is 8.69. The molecule has 0 bridgehead atoms. The summed E-state index contributed by atoms with van der Waals surface area (Å²) in [5.41, 5.74) is 1.76. The van der Waals surface area contributed by atoms with Crippen LogP contribution < -0.4 is 5.56 Å². The van der Waals surface area contributed by atoms with Crippen LogP contribution in [-0.2, 0) is 6.42 Å². The lowest BCUT2D eigenvalue weighted by atomic mass is 10.1. The van der Waals surface area contributed by atoms with Gasteiger partial charge in [-0.25, -0.2) is 0 Å². The first kappa shape index (κ1) is 18.8. The zero-order valence-electron chi connectivity index (χ0n) is 15.7. The van der Waals surface area contributed by atoms with E-state index < -0.39 is 6.04 Å². The van der Waals surface area contributed by atoms with E-state index in [0.717, 1.165) is 15.8 Å². The molecule has 2 aromatic heterocycles. The maximum Gasteiger partial charge on any atom is 0.269 e. The van der Waals surface area contributed by atoms with Crippen molar-refractivity contribution in [3.8, 4) is 11.5 Å². The Morgan fingerprint density at radius 1 is 0.967 bits per heavy atom. The Morgan fingerprint density at radius 2 is 1.77 bits per heavy atom. The minimum absolute atomic E-state index is 0.0564. The van der Waals surface area contributed by atoms with E-state index in [0.29, 0.717) is 28.6 Å². The van der Waals surface area contributed by atoms with Gasteiger partial charge in [0.2, 0.25) is 11.8 Å². The minimum Gasteiger partial charge on any atom is -0.418 e. The zero-order valence-corrected chi connectivity index (χ0v) is 17.3. The van der Waals surface area contributed by atoms with Gasteiger partial charge in [0.05, 0.1) is 10.1 Å². The van der Waals surface area contributed by atoms with Crippen molar-refractivity contribution < 1.29 is 4.42 Å². The van der Waals surface area contributed by atoms with Gasteiger partial charge >= 0.3 is 0 Å². The molecule has 3 aromatic carbocycles. The van der Waals surface area contributed by atoms with Gasteiger partial charge in [-0.05, 0) is 35.9 Å². The number of hydrogen-bond donors (Lipinski definition) is 0. The molecule has 0 radical (unpaired) electrons. The zero-order chi connectivity index (χ0) is 20.5. The molecule has 0 N–H and O–H groups in total. The molecule has 5 nitrogen and oxygen atoms in total. The summed E-state index contributed by atoms with van der Waals surface area (Å²) in [6, 6.07) is 24.4. The van der Waals surface area contributed by atoms with Crippen molar-refractivity contribution in [3.63, 3.8) is 0 Å². The van der Waals surface area contributed by atoms with Crippen LogP contribution in [0.1, 0.15) is 17.5 Å². The Bertz CT molecular complexity index is 1370. The highest BCUT2D eigenvalue weighted by molar-refractivity contribution is 7.13. The molecule has 0 aliphatic rings. The Hall–Kier alpha value is -3.22. The Morgan fingerprint density at radius 3 is 2.57 bits per heavy atom. The maximum atomic E-state index is 13.1. The van der Waals surface area contributed by atoms with Crippen molar-refractivity contribution in [3.05, 3.63) is 106 Å². The number of nitrogens with zero attached hydrogens (tertiary/aromatic N) is 3. The van der Waals surface area contributed by atoms with Crippen molar-refractivity contribution in [2.45, 2.75) is 12.5 Å². The van der Waals surface area contributed by atoms with E-state index in [4.69, 9.17) is 16.0 Å². The fourth-order valence-corrected chi connectivity index (χ4v) is 4.68. The predicted molar refractivity (Wildman–Crippen MR) is 119 cm³/mol. The predicted octanol–water partition coefficient (Wildman–Crippen LogP) is 5.60. The van der Waals surface area contributed by atoms with Crippen molar-refractivity contribution in [2.24, 2.45) is 0 Å². The second kappa shape index (κ2) is 7.89. The molecule has 0 aliphatic carbocycles. The van der Waals surface area contributed by atoms with Gasteiger partial charge in [0, 0.05) is 17.0 Å². The average Bonchev–Trinajstić information content (AvgIpc) is 3.39. The van der Waals surface area contributed by atoms with E-state index in [1.165, 1.54) is 11.5 Å². The smallest absolute Gasteiger partial charge is 0.269 e. The van der Waals surface area contributed by atoms with Gasteiger partial charge in [-0.15, -0.1) is 10.2 Å². The number of halogens is 1. The molecule has 0 amide bonds. The number of fused-ring (bicyclic) bond motifs is 1. The molecule has 7 heteroatoms. The van der Waals surface area contributed by atoms with Crippen molar-refractivity contribution in [2.75, 3.05) is 0 Å². The highest BCUT2D eigenvalue weighted by Gasteiger charge is 2.25. The molecule has 0 spiro atoms. The van der Waals surface area contributed by atoms with Crippen LogP contribution in [0.15, 0.2) is 88.1 Å². The standard InChI is InChI=1S/C23H16ClN3O2S/c24-17-10-6-9-16(14-17)21-25-26-22(29-21)19(13-15-7-2-1-3-8-15)27-23(28)18-11-4-5-12-20(18)30-27/h1-12,14,19H,13H2. The fraction of sp³-hybridized carbons (Fsp3) is 0.0870. The molecule has 5 rings (SSSR count). The molecule has 0 saturated carbocycles. The number of rotatable bonds is 5.